The van der Waals surface area contributed by atoms with Crippen LogP contribution in [0.5, 0.6) is 11.5 Å². The van der Waals surface area contributed by atoms with Gasteiger partial charge in [0.25, 0.3) is 5.91 Å². The normalized spacial score (nSPS) is 10.7. The van der Waals surface area contributed by atoms with E-state index in [2.05, 4.69) is 10.5 Å². The Hall–Kier alpha value is -3.60. The van der Waals surface area contributed by atoms with E-state index in [1.165, 1.54) is 18.3 Å². The van der Waals surface area contributed by atoms with Gasteiger partial charge in [0.05, 0.1) is 11.8 Å². The van der Waals surface area contributed by atoms with Crippen molar-refractivity contribution in [2.24, 2.45) is 5.10 Å². The van der Waals surface area contributed by atoms with E-state index in [9.17, 15) is 15.0 Å². The number of hydrogen-bond acceptors (Lipinski definition) is 4. The summed E-state index contributed by atoms with van der Waals surface area (Å²) in [5.74, 6) is -0.600. The van der Waals surface area contributed by atoms with E-state index in [1.807, 2.05) is 36.4 Å². The van der Waals surface area contributed by atoms with Crippen LogP contribution < -0.4 is 5.43 Å². The standard InChI is InChI=1S/C20H16N2O3/c23-18-11-10-15(14-6-2-1-3-7-14)12-16(18)13-21-22-20(25)17-8-4-5-9-19(17)24/h1-13,23-24H,(H,22,25). The van der Waals surface area contributed by atoms with Crippen molar-refractivity contribution in [2.75, 3.05) is 0 Å². The lowest BCUT2D eigenvalue weighted by Gasteiger charge is -2.05. The highest BCUT2D eigenvalue weighted by molar-refractivity contribution is 5.97. The molecule has 5 heteroatoms. The predicted octanol–water partition coefficient (Wildman–Crippen LogP) is 3.53. The van der Waals surface area contributed by atoms with Crippen molar-refractivity contribution in [3.63, 3.8) is 0 Å². The third kappa shape index (κ3) is 3.84. The summed E-state index contributed by atoms with van der Waals surface area (Å²) in [6.07, 6.45) is 1.36. The van der Waals surface area contributed by atoms with Crippen LogP contribution in [-0.2, 0) is 0 Å². The van der Waals surface area contributed by atoms with Gasteiger partial charge in [-0.15, -0.1) is 0 Å². The molecule has 0 spiro atoms. The monoisotopic (exact) mass is 332 g/mol. The number of carbonyl (C=O) groups excluding carboxylic acids is 1. The highest BCUT2D eigenvalue weighted by Gasteiger charge is 2.09. The zero-order valence-corrected chi connectivity index (χ0v) is 13.3. The Labute approximate surface area is 144 Å². The lowest BCUT2D eigenvalue weighted by Crippen LogP contribution is -2.17. The van der Waals surface area contributed by atoms with E-state index in [0.29, 0.717) is 5.56 Å². The van der Waals surface area contributed by atoms with Gasteiger partial charge >= 0.3 is 0 Å². The van der Waals surface area contributed by atoms with Crippen LogP contribution in [0.1, 0.15) is 15.9 Å². The fraction of sp³-hybridized carbons (Fsp3) is 0. The third-order valence-electron chi connectivity index (χ3n) is 3.65. The van der Waals surface area contributed by atoms with Gasteiger partial charge in [0.15, 0.2) is 0 Å². The van der Waals surface area contributed by atoms with Gasteiger partial charge in [0.1, 0.15) is 11.5 Å². The van der Waals surface area contributed by atoms with Crippen molar-refractivity contribution in [1.29, 1.82) is 0 Å². The molecular formula is C20H16N2O3. The molecule has 0 heterocycles. The predicted molar refractivity (Wildman–Crippen MR) is 96.7 cm³/mol. The van der Waals surface area contributed by atoms with Crippen LogP contribution in [0.3, 0.4) is 0 Å². The Morgan fingerprint density at radius 2 is 1.56 bits per heavy atom. The van der Waals surface area contributed by atoms with Gasteiger partial charge < -0.3 is 10.2 Å². The molecule has 124 valence electrons. The zero-order valence-electron chi connectivity index (χ0n) is 13.3. The second kappa shape index (κ2) is 7.31. The Balaban J connectivity index is 1.77. The SMILES string of the molecule is O=C(NN=Cc1cc(-c2ccccc2)ccc1O)c1ccccc1O. The van der Waals surface area contributed by atoms with Crippen LogP contribution in [0.25, 0.3) is 11.1 Å². The second-order valence-corrected chi connectivity index (χ2v) is 5.36. The molecule has 3 aromatic rings. The Kier molecular flexibility index (Phi) is 4.76. The fourth-order valence-corrected chi connectivity index (χ4v) is 2.35. The summed E-state index contributed by atoms with van der Waals surface area (Å²) in [6, 6.07) is 21.1. The number of hydrogen-bond donors (Lipinski definition) is 3. The van der Waals surface area contributed by atoms with Crippen molar-refractivity contribution in [2.45, 2.75) is 0 Å². The minimum absolute atomic E-state index is 0.0558. The molecule has 3 N–H and O–H groups in total. The lowest BCUT2D eigenvalue weighted by molar-refractivity contribution is 0.0952. The number of amides is 1. The van der Waals surface area contributed by atoms with E-state index in [1.54, 1.807) is 24.3 Å². The van der Waals surface area contributed by atoms with Crippen LogP contribution in [0.2, 0.25) is 0 Å². The van der Waals surface area contributed by atoms with Gasteiger partial charge in [0.2, 0.25) is 0 Å². The molecule has 25 heavy (non-hydrogen) atoms. The molecule has 0 saturated heterocycles. The first-order chi connectivity index (χ1) is 12.1. The van der Waals surface area contributed by atoms with E-state index < -0.39 is 5.91 Å². The van der Waals surface area contributed by atoms with Crippen molar-refractivity contribution in [1.82, 2.24) is 5.43 Å². The number of phenols is 2. The first-order valence-corrected chi connectivity index (χ1v) is 7.65. The van der Waals surface area contributed by atoms with Crippen LogP contribution in [-0.4, -0.2) is 22.3 Å². The number of benzene rings is 3. The highest BCUT2D eigenvalue weighted by atomic mass is 16.3. The summed E-state index contributed by atoms with van der Waals surface area (Å²) in [6.45, 7) is 0. The minimum atomic E-state index is -0.534. The molecule has 0 atom stereocenters. The van der Waals surface area contributed by atoms with Gasteiger partial charge in [-0.05, 0) is 35.4 Å². The number of nitrogens with zero attached hydrogens (tertiary/aromatic N) is 1. The van der Waals surface area contributed by atoms with Gasteiger partial charge in [-0.25, -0.2) is 5.43 Å². The number of para-hydroxylation sites is 1. The Morgan fingerprint density at radius 3 is 2.32 bits per heavy atom. The quantitative estimate of drug-likeness (QED) is 0.505. The summed E-state index contributed by atoms with van der Waals surface area (Å²) in [4.78, 5) is 12.0. The molecule has 0 fully saturated rings. The maximum Gasteiger partial charge on any atom is 0.275 e. The molecule has 0 saturated carbocycles. The second-order valence-electron chi connectivity index (χ2n) is 5.36. The van der Waals surface area contributed by atoms with Crippen molar-refractivity contribution < 1.29 is 15.0 Å². The molecule has 0 aliphatic heterocycles. The maximum absolute atomic E-state index is 12.0. The van der Waals surface area contributed by atoms with Gasteiger partial charge in [-0.2, -0.15) is 5.10 Å². The molecule has 0 aliphatic carbocycles. The van der Waals surface area contributed by atoms with Crippen molar-refractivity contribution >= 4 is 12.1 Å². The Morgan fingerprint density at radius 1 is 0.840 bits per heavy atom. The molecule has 1 amide bonds. The number of nitrogens with one attached hydrogen (secondary N) is 1. The zero-order chi connectivity index (χ0) is 17.6. The molecule has 0 radical (unpaired) electrons. The highest BCUT2D eigenvalue weighted by Crippen LogP contribution is 2.24. The number of hydrazone groups is 1. The molecule has 3 aromatic carbocycles. The smallest absolute Gasteiger partial charge is 0.275 e. The lowest BCUT2D eigenvalue weighted by atomic mass is 10.0. The van der Waals surface area contributed by atoms with Crippen molar-refractivity contribution in [3.8, 4) is 22.6 Å². The molecule has 0 aliphatic rings. The number of carbonyl (C=O) groups is 1. The van der Waals surface area contributed by atoms with Gasteiger partial charge in [-0.1, -0.05) is 48.5 Å². The minimum Gasteiger partial charge on any atom is -0.507 e. The first kappa shape index (κ1) is 16.3. The van der Waals surface area contributed by atoms with E-state index in [0.717, 1.165) is 11.1 Å². The molecule has 0 unspecified atom stereocenters. The third-order valence-corrected chi connectivity index (χ3v) is 3.65. The molecular weight excluding hydrogens is 316 g/mol. The van der Waals surface area contributed by atoms with E-state index in [4.69, 9.17) is 0 Å². The van der Waals surface area contributed by atoms with E-state index in [-0.39, 0.29) is 17.1 Å². The molecule has 3 rings (SSSR count). The van der Waals surface area contributed by atoms with E-state index >= 15 is 0 Å². The average Bonchev–Trinajstić information content (AvgIpc) is 2.64. The van der Waals surface area contributed by atoms with Crippen LogP contribution >= 0.6 is 0 Å². The summed E-state index contributed by atoms with van der Waals surface area (Å²) in [5, 5.41) is 23.5. The Bertz CT molecular complexity index is 921. The number of aromatic hydroxyl groups is 2. The topological polar surface area (TPSA) is 81.9 Å². The summed E-state index contributed by atoms with van der Waals surface area (Å²) in [5.41, 5.74) is 4.86. The molecule has 5 nitrogen and oxygen atoms in total. The summed E-state index contributed by atoms with van der Waals surface area (Å²) >= 11 is 0. The van der Waals surface area contributed by atoms with Crippen molar-refractivity contribution in [3.05, 3.63) is 83.9 Å². The average molecular weight is 332 g/mol. The summed E-state index contributed by atoms with van der Waals surface area (Å²) in [7, 11) is 0. The van der Waals surface area contributed by atoms with Crippen LogP contribution in [0.15, 0.2) is 77.9 Å². The fourth-order valence-electron chi connectivity index (χ4n) is 2.35. The maximum atomic E-state index is 12.0. The first-order valence-electron chi connectivity index (χ1n) is 7.65. The van der Waals surface area contributed by atoms with Crippen LogP contribution in [0, 0.1) is 0 Å². The summed E-state index contributed by atoms with van der Waals surface area (Å²) < 4.78 is 0. The number of rotatable bonds is 4. The van der Waals surface area contributed by atoms with Gasteiger partial charge in [0, 0.05) is 5.56 Å². The van der Waals surface area contributed by atoms with Gasteiger partial charge in [-0.3, -0.25) is 4.79 Å². The number of phenolic OH excluding ortho intramolecular Hbond substituents is 2. The molecule has 0 bridgehead atoms. The molecule has 0 aromatic heterocycles. The van der Waals surface area contributed by atoms with Crippen LogP contribution in [0.4, 0.5) is 0 Å². The largest absolute Gasteiger partial charge is 0.507 e.